The van der Waals surface area contributed by atoms with E-state index in [-0.39, 0.29) is 24.4 Å². The molecule has 0 aliphatic carbocycles. The third-order valence-electron chi connectivity index (χ3n) is 1.56. The molecule has 0 saturated carbocycles. The summed E-state index contributed by atoms with van der Waals surface area (Å²) in [5.41, 5.74) is 0. The van der Waals surface area contributed by atoms with Crippen LogP contribution in [-0.4, -0.2) is 24.4 Å². The Bertz CT molecular complexity index is 333. The Kier molecular flexibility index (Phi) is 9.39. The maximum Gasteiger partial charge on any atom is 0.482 e. The van der Waals surface area contributed by atoms with Crippen LogP contribution in [-0.2, 0) is 38.8 Å². The lowest BCUT2D eigenvalue weighted by Crippen LogP contribution is -2.13. The Morgan fingerprint density at radius 3 is 1.19 bits per heavy atom. The standard InChI is InChI=1S/C12H28O6P2S/c1-9(2)14-19(13,15-10(3)4)18-20(21,16-11(5)6)17-12(7)8/h9-12H,1-8H3. The summed E-state index contributed by atoms with van der Waals surface area (Å²) in [6.07, 6.45) is -1.17. The second-order valence-corrected chi connectivity index (χ2v) is 10.2. The number of rotatable bonds is 10. The van der Waals surface area contributed by atoms with Gasteiger partial charge in [-0.25, -0.2) is 8.88 Å². The molecule has 21 heavy (non-hydrogen) atoms. The monoisotopic (exact) mass is 362 g/mol. The lowest BCUT2D eigenvalue weighted by Gasteiger charge is -2.29. The van der Waals surface area contributed by atoms with Crippen LogP contribution >= 0.6 is 14.5 Å². The first-order valence-corrected chi connectivity index (χ1v) is 11.0. The van der Waals surface area contributed by atoms with Gasteiger partial charge in [-0.2, -0.15) is 0 Å². The fourth-order valence-corrected chi connectivity index (χ4v) is 6.81. The summed E-state index contributed by atoms with van der Waals surface area (Å²) < 4.78 is 40.0. The van der Waals surface area contributed by atoms with Crippen LogP contribution in [0, 0.1) is 0 Å². The topological polar surface area (TPSA) is 63.2 Å². The maximum atomic E-state index is 12.7. The van der Waals surface area contributed by atoms with Gasteiger partial charge in [0.25, 0.3) is 0 Å². The lowest BCUT2D eigenvalue weighted by atomic mass is 10.5. The second kappa shape index (κ2) is 9.09. The number of hydrogen-bond donors (Lipinski definition) is 0. The molecule has 0 unspecified atom stereocenters. The SMILES string of the molecule is CC(C)OP(=O)(OC(C)C)OP(=S)(OC(C)C)OC(C)C. The van der Waals surface area contributed by atoms with Gasteiger partial charge in [-0.3, -0.25) is 9.05 Å². The molecule has 0 saturated heterocycles. The smallest absolute Gasteiger partial charge is 0.306 e. The minimum atomic E-state index is -3.87. The largest absolute Gasteiger partial charge is 0.482 e. The van der Waals surface area contributed by atoms with E-state index in [4.69, 9.17) is 34.2 Å². The van der Waals surface area contributed by atoms with Crippen LogP contribution in [0.25, 0.3) is 0 Å². The highest BCUT2D eigenvalue weighted by Crippen LogP contribution is 2.67. The van der Waals surface area contributed by atoms with E-state index in [0.29, 0.717) is 0 Å². The summed E-state index contributed by atoms with van der Waals surface area (Å²) in [5.74, 6) is 0. The van der Waals surface area contributed by atoms with E-state index in [0.717, 1.165) is 0 Å². The fourth-order valence-electron chi connectivity index (χ4n) is 1.28. The van der Waals surface area contributed by atoms with Crippen molar-refractivity contribution in [2.24, 2.45) is 0 Å². The summed E-state index contributed by atoms with van der Waals surface area (Å²) in [6, 6.07) is 0. The molecule has 0 spiro atoms. The zero-order valence-electron chi connectivity index (χ0n) is 14.1. The zero-order valence-corrected chi connectivity index (χ0v) is 16.7. The molecule has 0 aliphatic heterocycles. The zero-order chi connectivity index (χ0) is 16.8. The van der Waals surface area contributed by atoms with Crippen LogP contribution in [0.4, 0.5) is 0 Å². The molecule has 0 radical (unpaired) electrons. The summed E-state index contributed by atoms with van der Waals surface area (Å²) in [4.78, 5) is 0. The molecule has 6 nitrogen and oxygen atoms in total. The Morgan fingerprint density at radius 2 is 0.952 bits per heavy atom. The van der Waals surface area contributed by atoms with Gasteiger partial charge in [-0.15, -0.1) is 0 Å². The Labute approximate surface area is 133 Å². The molecule has 0 rings (SSSR count). The molecule has 0 aromatic heterocycles. The molecule has 0 bridgehead atoms. The van der Waals surface area contributed by atoms with Crippen LogP contribution < -0.4 is 0 Å². The molecule has 0 atom stereocenters. The van der Waals surface area contributed by atoms with Crippen molar-refractivity contribution in [3.8, 4) is 0 Å². The summed E-state index contributed by atoms with van der Waals surface area (Å²) in [7, 11) is -3.87. The van der Waals surface area contributed by atoms with Crippen LogP contribution in [0.5, 0.6) is 0 Å². The number of phosphoric ester groups is 1. The molecule has 0 aliphatic rings. The average Bonchev–Trinajstić information content (AvgIpc) is 2.07. The number of phosphoric acid groups is 1. The van der Waals surface area contributed by atoms with E-state index < -0.39 is 14.5 Å². The number of hydrogen-bond acceptors (Lipinski definition) is 7. The van der Waals surface area contributed by atoms with Crippen LogP contribution in [0.3, 0.4) is 0 Å². The average molecular weight is 362 g/mol. The van der Waals surface area contributed by atoms with E-state index in [9.17, 15) is 4.57 Å². The second-order valence-electron chi connectivity index (χ2n) is 5.59. The van der Waals surface area contributed by atoms with Crippen molar-refractivity contribution >= 4 is 26.3 Å². The van der Waals surface area contributed by atoms with E-state index >= 15 is 0 Å². The summed E-state index contributed by atoms with van der Waals surface area (Å²) in [6.45, 7) is 10.9. The van der Waals surface area contributed by atoms with Gasteiger partial charge in [-0.1, -0.05) is 0 Å². The van der Waals surface area contributed by atoms with Crippen molar-refractivity contribution < 1.29 is 27.0 Å². The molecular weight excluding hydrogens is 334 g/mol. The Balaban J connectivity index is 5.29. The third-order valence-corrected chi connectivity index (χ3v) is 7.00. The van der Waals surface area contributed by atoms with E-state index in [1.165, 1.54) is 0 Å². The van der Waals surface area contributed by atoms with Gasteiger partial charge < -0.3 is 9.05 Å². The quantitative estimate of drug-likeness (QED) is 0.505. The molecule has 0 N–H and O–H groups in total. The first-order valence-electron chi connectivity index (χ1n) is 7.02. The van der Waals surface area contributed by atoms with Gasteiger partial charge in [0.05, 0.1) is 24.4 Å². The predicted molar refractivity (Wildman–Crippen MR) is 87.9 cm³/mol. The normalized spacial score (nSPS) is 13.9. The first-order chi connectivity index (χ1) is 9.37. The predicted octanol–water partition coefficient (Wildman–Crippen LogP) is 5.04. The Hall–Kier alpha value is 0.680. The van der Waals surface area contributed by atoms with Gasteiger partial charge in [0.2, 0.25) is 0 Å². The van der Waals surface area contributed by atoms with Crippen molar-refractivity contribution in [3.63, 3.8) is 0 Å². The van der Waals surface area contributed by atoms with Crippen molar-refractivity contribution in [1.29, 1.82) is 0 Å². The van der Waals surface area contributed by atoms with Crippen LogP contribution in [0.15, 0.2) is 0 Å². The molecule has 0 amide bonds. The molecule has 9 heteroatoms. The molecule has 0 aromatic carbocycles. The first kappa shape index (κ1) is 21.7. The van der Waals surface area contributed by atoms with Crippen LogP contribution in [0.2, 0.25) is 0 Å². The molecule has 0 aromatic rings. The highest BCUT2D eigenvalue weighted by Gasteiger charge is 2.39. The highest BCUT2D eigenvalue weighted by molar-refractivity contribution is 8.09. The van der Waals surface area contributed by atoms with Crippen molar-refractivity contribution in [2.75, 3.05) is 0 Å². The molecule has 0 heterocycles. The summed E-state index contributed by atoms with van der Waals surface area (Å²) >= 11 is 5.32. The maximum absolute atomic E-state index is 12.7. The molecule has 128 valence electrons. The van der Waals surface area contributed by atoms with Gasteiger partial charge in [0.1, 0.15) is 0 Å². The molecular formula is C12H28O6P2S. The van der Waals surface area contributed by atoms with Gasteiger partial charge in [0, 0.05) is 0 Å². The van der Waals surface area contributed by atoms with Gasteiger partial charge >= 0.3 is 14.5 Å². The van der Waals surface area contributed by atoms with Gasteiger partial charge in [0.15, 0.2) is 0 Å². The third kappa shape index (κ3) is 10.1. The lowest BCUT2D eigenvalue weighted by molar-refractivity contribution is 0.0808. The van der Waals surface area contributed by atoms with Crippen molar-refractivity contribution in [1.82, 2.24) is 0 Å². The fraction of sp³-hybridized carbons (Fsp3) is 1.00. The Morgan fingerprint density at radius 1 is 0.667 bits per heavy atom. The minimum absolute atomic E-state index is 0.235. The van der Waals surface area contributed by atoms with E-state index in [1.807, 2.05) is 0 Å². The summed E-state index contributed by atoms with van der Waals surface area (Å²) in [5, 5.41) is 0. The minimum Gasteiger partial charge on any atom is -0.306 e. The van der Waals surface area contributed by atoms with Crippen molar-refractivity contribution in [3.05, 3.63) is 0 Å². The molecule has 0 fully saturated rings. The van der Waals surface area contributed by atoms with Gasteiger partial charge in [-0.05, 0) is 67.2 Å². The highest BCUT2D eigenvalue weighted by atomic mass is 32.5. The van der Waals surface area contributed by atoms with Crippen molar-refractivity contribution in [2.45, 2.75) is 79.8 Å². The van der Waals surface area contributed by atoms with Crippen LogP contribution in [0.1, 0.15) is 55.4 Å². The van der Waals surface area contributed by atoms with E-state index in [1.54, 1.807) is 55.4 Å². The van der Waals surface area contributed by atoms with E-state index in [2.05, 4.69) is 0 Å².